The maximum Gasteiger partial charge on any atom is 0.178 e. The Morgan fingerprint density at radius 1 is 1.19 bits per heavy atom. The Morgan fingerprint density at radius 3 is 2.85 bits per heavy atom. The highest BCUT2D eigenvalue weighted by Gasteiger charge is 2.14. The summed E-state index contributed by atoms with van der Waals surface area (Å²) in [5, 5.41) is 2.04. The van der Waals surface area contributed by atoms with E-state index in [1.807, 2.05) is 36.4 Å². The number of hydrogen-bond acceptors (Lipinski definition) is 5. The van der Waals surface area contributed by atoms with Crippen molar-refractivity contribution in [2.75, 3.05) is 7.11 Å². The minimum Gasteiger partial charge on any atom is -0.497 e. The van der Waals surface area contributed by atoms with Crippen molar-refractivity contribution in [2.24, 2.45) is 0 Å². The third-order valence-electron chi connectivity index (χ3n) is 4.45. The SMILES string of the molecule is CCCC(S)Oc1cc(-c2nc3ncccc3[nH]2)cc2ccc(OC)cc12. The molecule has 1 unspecified atom stereocenters. The van der Waals surface area contributed by atoms with Gasteiger partial charge in [0.15, 0.2) is 5.65 Å². The molecule has 27 heavy (non-hydrogen) atoms. The van der Waals surface area contributed by atoms with E-state index in [0.717, 1.165) is 52.0 Å². The Bertz CT molecular complexity index is 1060. The summed E-state index contributed by atoms with van der Waals surface area (Å²) in [5.41, 5.74) is 2.38. The normalized spacial score (nSPS) is 12.4. The maximum atomic E-state index is 6.16. The number of ether oxygens (including phenoxy) is 2. The van der Waals surface area contributed by atoms with E-state index in [1.165, 1.54) is 0 Å². The van der Waals surface area contributed by atoms with Gasteiger partial charge in [0.1, 0.15) is 22.8 Å². The van der Waals surface area contributed by atoms with Gasteiger partial charge in [-0.3, -0.25) is 0 Å². The van der Waals surface area contributed by atoms with Crippen molar-refractivity contribution in [1.29, 1.82) is 0 Å². The molecule has 0 fully saturated rings. The minimum atomic E-state index is -0.169. The van der Waals surface area contributed by atoms with Crippen LogP contribution in [0.1, 0.15) is 19.8 Å². The number of benzene rings is 2. The van der Waals surface area contributed by atoms with Crippen LogP contribution in [0.2, 0.25) is 0 Å². The Hall–Kier alpha value is -2.73. The average molecular weight is 379 g/mol. The van der Waals surface area contributed by atoms with Gasteiger partial charge in [-0.05, 0) is 48.2 Å². The number of rotatable bonds is 6. The lowest BCUT2D eigenvalue weighted by atomic mass is 10.0. The summed E-state index contributed by atoms with van der Waals surface area (Å²) in [6, 6.07) is 13.9. The second kappa shape index (κ2) is 7.48. The number of nitrogens with zero attached hydrogens (tertiary/aromatic N) is 2. The molecular formula is C21H21N3O2S. The number of methoxy groups -OCH3 is 1. The van der Waals surface area contributed by atoms with Crippen molar-refractivity contribution in [1.82, 2.24) is 15.0 Å². The van der Waals surface area contributed by atoms with Gasteiger partial charge in [-0.1, -0.05) is 19.4 Å². The summed E-state index contributed by atoms with van der Waals surface area (Å²) in [6.45, 7) is 2.12. The molecule has 0 aliphatic heterocycles. The van der Waals surface area contributed by atoms with Crippen LogP contribution in [-0.4, -0.2) is 27.5 Å². The number of H-pyrrole nitrogens is 1. The van der Waals surface area contributed by atoms with E-state index < -0.39 is 0 Å². The zero-order valence-electron chi connectivity index (χ0n) is 15.3. The molecule has 0 spiro atoms. The summed E-state index contributed by atoms with van der Waals surface area (Å²) in [6.07, 6.45) is 3.61. The monoisotopic (exact) mass is 379 g/mol. The number of hydrogen-bond donors (Lipinski definition) is 2. The van der Waals surface area contributed by atoms with Crippen molar-refractivity contribution < 1.29 is 9.47 Å². The van der Waals surface area contributed by atoms with Crippen LogP contribution >= 0.6 is 12.6 Å². The number of nitrogens with one attached hydrogen (secondary N) is 1. The third kappa shape index (κ3) is 3.57. The van der Waals surface area contributed by atoms with Crippen LogP contribution in [0, 0.1) is 0 Å². The molecule has 2 aromatic heterocycles. The Kier molecular flexibility index (Phi) is 4.90. The topological polar surface area (TPSA) is 60.0 Å². The van der Waals surface area contributed by atoms with Crippen molar-refractivity contribution in [3.63, 3.8) is 0 Å². The third-order valence-corrected chi connectivity index (χ3v) is 4.82. The van der Waals surface area contributed by atoms with Gasteiger partial charge in [-0.15, -0.1) is 12.6 Å². The van der Waals surface area contributed by atoms with Crippen molar-refractivity contribution in [2.45, 2.75) is 25.2 Å². The van der Waals surface area contributed by atoms with Crippen LogP contribution in [-0.2, 0) is 0 Å². The molecule has 0 aliphatic carbocycles. The fraction of sp³-hybridized carbons (Fsp3) is 0.238. The number of thiol groups is 1. The van der Waals surface area contributed by atoms with Crippen LogP contribution in [0.25, 0.3) is 33.3 Å². The fourth-order valence-electron chi connectivity index (χ4n) is 3.10. The average Bonchev–Trinajstić information content (AvgIpc) is 3.12. The fourth-order valence-corrected chi connectivity index (χ4v) is 3.47. The largest absolute Gasteiger partial charge is 0.497 e. The van der Waals surface area contributed by atoms with Crippen LogP contribution in [0.15, 0.2) is 48.7 Å². The van der Waals surface area contributed by atoms with E-state index in [2.05, 4.69) is 40.6 Å². The molecule has 1 atom stereocenters. The van der Waals surface area contributed by atoms with Crippen LogP contribution in [0.4, 0.5) is 0 Å². The summed E-state index contributed by atoms with van der Waals surface area (Å²) in [5.74, 6) is 2.32. The molecule has 2 aromatic carbocycles. The molecule has 5 nitrogen and oxygen atoms in total. The number of aromatic amines is 1. The lowest BCUT2D eigenvalue weighted by Gasteiger charge is -2.16. The zero-order valence-corrected chi connectivity index (χ0v) is 16.2. The zero-order chi connectivity index (χ0) is 18.8. The first-order valence-corrected chi connectivity index (χ1v) is 9.47. The quantitative estimate of drug-likeness (QED) is 0.356. The molecule has 0 bridgehead atoms. The first kappa shape index (κ1) is 17.7. The van der Waals surface area contributed by atoms with E-state index in [-0.39, 0.29) is 5.44 Å². The molecular weight excluding hydrogens is 358 g/mol. The van der Waals surface area contributed by atoms with E-state index in [4.69, 9.17) is 9.47 Å². The van der Waals surface area contributed by atoms with Gasteiger partial charge in [-0.2, -0.15) is 0 Å². The lowest BCUT2D eigenvalue weighted by Crippen LogP contribution is -2.08. The highest BCUT2D eigenvalue weighted by Crippen LogP contribution is 2.35. The second-order valence-corrected chi connectivity index (χ2v) is 6.96. The molecule has 0 saturated carbocycles. The minimum absolute atomic E-state index is 0.169. The molecule has 4 aromatic rings. The van der Waals surface area contributed by atoms with Gasteiger partial charge in [0, 0.05) is 17.1 Å². The second-order valence-electron chi connectivity index (χ2n) is 6.38. The number of pyridine rings is 1. The number of fused-ring (bicyclic) bond motifs is 2. The first-order valence-electron chi connectivity index (χ1n) is 8.95. The van der Waals surface area contributed by atoms with Crippen LogP contribution < -0.4 is 9.47 Å². The Labute approximate surface area is 163 Å². The molecule has 0 amide bonds. The van der Waals surface area contributed by atoms with E-state index in [0.29, 0.717) is 5.65 Å². The lowest BCUT2D eigenvalue weighted by molar-refractivity contribution is 0.281. The highest BCUT2D eigenvalue weighted by molar-refractivity contribution is 7.80. The maximum absolute atomic E-state index is 6.16. The first-order chi connectivity index (χ1) is 13.2. The van der Waals surface area contributed by atoms with Crippen molar-refractivity contribution in [3.8, 4) is 22.9 Å². The molecule has 0 radical (unpaired) electrons. The summed E-state index contributed by atoms with van der Waals surface area (Å²) < 4.78 is 11.5. The summed E-state index contributed by atoms with van der Waals surface area (Å²) in [4.78, 5) is 12.3. The molecule has 0 saturated heterocycles. The van der Waals surface area contributed by atoms with Crippen LogP contribution in [0.5, 0.6) is 11.5 Å². The molecule has 6 heteroatoms. The Balaban J connectivity index is 1.85. The number of imidazole rings is 1. The van der Waals surface area contributed by atoms with Crippen molar-refractivity contribution >= 4 is 34.6 Å². The van der Waals surface area contributed by atoms with Gasteiger partial charge >= 0.3 is 0 Å². The molecule has 0 aliphatic rings. The van der Waals surface area contributed by atoms with Crippen LogP contribution in [0.3, 0.4) is 0 Å². The predicted molar refractivity (Wildman–Crippen MR) is 112 cm³/mol. The van der Waals surface area contributed by atoms with Gasteiger partial charge < -0.3 is 14.5 Å². The van der Waals surface area contributed by atoms with Crippen molar-refractivity contribution in [3.05, 3.63) is 48.7 Å². The molecule has 2 heterocycles. The standard InChI is InChI=1S/C21H21N3O2S/c1-3-5-19(27)26-18-11-14(10-13-7-8-15(25-2)12-16(13)18)20-23-17-6-4-9-22-21(17)24-20/h4,6-12,19,27H,3,5H2,1-2H3,(H,22,23,24). The van der Waals surface area contributed by atoms with Gasteiger partial charge in [-0.25, -0.2) is 9.97 Å². The number of aromatic nitrogens is 3. The predicted octanol–water partition coefficient (Wildman–Crippen LogP) is 5.22. The summed E-state index contributed by atoms with van der Waals surface area (Å²) in [7, 11) is 1.66. The molecule has 4 rings (SSSR count). The van der Waals surface area contributed by atoms with Gasteiger partial charge in [0.2, 0.25) is 0 Å². The van der Waals surface area contributed by atoms with Gasteiger partial charge in [0.25, 0.3) is 0 Å². The molecule has 138 valence electrons. The van der Waals surface area contributed by atoms with E-state index in [1.54, 1.807) is 13.3 Å². The Morgan fingerprint density at radius 2 is 2.07 bits per heavy atom. The van der Waals surface area contributed by atoms with E-state index >= 15 is 0 Å². The molecule has 1 N–H and O–H groups in total. The highest BCUT2D eigenvalue weighted by atomic mass is 32.1. The summed E-state index contributed by atoms with van der Waals surface area (Å²) >= 11 is 4.57. The van der Waals surface area contributed by atoms with E-state index in [9.17, 15) is 0 Å². The smallest absolute Gasteiger partial charge is 0.178 e. The van der Waals surface area contributed by atoms with Gasteiger partial charge in [0.05, 0.1) is 12.6 Å².